The molecule has 0 aromatic heterocycles. The van der Waals surface area contributed by atoms with Gasteiger partial charge in [0.25, 0.3) is 0 Å². The molecular formula is C24H25N3O7S. The van der Waals surface area contributed by atoms with Crippen LogP contribution in [0.25, 0.3) is 0 Å². The Labute approximate surface area is 203 Å². The fraction of sp³-hybridized carbons (Fsp3) is 0.208. The normalized spacial score (nSPS) is 15.6. The average molecular weight is 500 g/mol. The molecule has 0 spiro atoms. The van der Waals surface area contributed by atoms with Crippen molar-refractivity contribution in [3.63, 3.8) is 0 Å². The molecule has 1 aliphatic rings. The molecule has 35 heavy (non-hydrogen) atoms. The number of carbonyl (C=O) groups excluding carboxylic acids is 3. The van der Waals surface area contributed by atoms with Crippen LogP contribution in [-0.4, -0.2) is 46.1 Å². The van der Waals surface area contributed by atoms with E-state index in [0.717, 1.165) is 0 Å². The van der Waals surface area contributed by atoms with Crippen LogP contribution in [0.3, 0.4) is 0 Å². The summed E-state index contributed by atoms with van der Waals surface area (Å²) < 4.78 is 37.2. The van der Waals surface area contributed by atoms with Crippen molar-refractivity contribution in [2.24, 2.45) is 0 Å². The van der Waals surface area contributed by atoms with E-state index < -0.39 is 40.6 Å². The number of esters is 2. The number of urea groups is 1. The maximum Gasteiger partial charge on any atom is 0.338 e. The minimum atomic E-state index is -3.74. The van der Waals surface area contributed by atoms with Gasteiger partial charge < -0.3 is 20.1 Å². The number of rotatable bonds is 10. The van der Waals surface area contributed by atoms with Gasteiger partial charge >= 0.3 is 18.0 Å². The van der Waals surface area contributed by atoms with Crippen molar-refractivity contribution in [1.29, 1.82) is 0 Å². The monoisotopic (exact) mass is 499 g/mol. The average Bonchev–Trinajstić information content (AvgIpc) is 2.86. The molecule has 10 nitrogen and oxygen atoms in total. The first kappa shape index (κ1) is 25.7. The van der Waals surface area contributed by atoms with Crippen LogP contribution in [-0.2, 0) is 24.3 Å². The van der Waals surface area contributed by atoms with Crippen molar-refractivity contribution in [3.05, 3.63) is 89.6 Å². The summed E-state index contributed by atoms with van der Waals surface area (Å²) in [7, 11) is -3.74. The summed E-state index contributed by atoms with van der Waals surface area (Å²) in [4.78, 5) is 37.6. The van der Waals surface area contributed by atoms with Gasteiger partial charge in [-0.25, -0.2) is 27.5 Å². The summed E-state index contributed by atoms with van der Waals surface area (Å²) in [6.07, 6.45) is 1.41. The van der Waals surface area contributed by atoms with Gasteiger partial charge in [0.1, 0.15) is 6.61 Å². The molecule has 184 valence electrons. The van der Waals surface area contributed by atoms with Crippen LogP contribution in [0, 0.1) is 0 Å². The quantitative estimate of drug-likeness (QED) is 0.336. The van der Waals surface area contributed by atoms with E-state index in [1.165, 1.54) is 30.3 Å². The number of ether oxygens (including phenoxy) is 2. The lowest BCUT2D eigenvalue weighted by Gasteiger charge is -2.29. The van der Waals surface area contributed by atoms with Crippen LogP contribution in [0.4, 0.5) is 4.79 Å². The molecule has 0 aliphatic carbocycles. The highest BCUT2D eigenvalue weighted by Crippen LogP contribution is 2.28. The van der Waals surface area contributed by atoms with Crippen LogP contribution in [0.5, 0.6) is 0 Å². The van der Waals surface area contributed by atoms with Gasteiger partial charge in [-0.15, -0.1) is 6.58 Å². The lowest BCUT2D eigenvalue weighted by atomic mass is 9.95. The van der Waals surface area contributed by atoms with Crippen molar-refractivity contribution in [2.75, 3.05) is 19.8 Å². The second-order valence-corrected chi connectivity index (χ2v) is 9.06. The number of hydrogen-bond donors (Lipinski definition) is 3. The molecule has 11 heteroatoms. The molecule has 1 atom stereocenters. The van der Waals surface area contributed by atoms with E-state index >= 15 is 0 Å². The third-order valence-corrected chi connectivity index (χ3v) is 6.39. The van der Waals surface area contributed by atoms with Crippen LogP contribution < -0.4 is 15.4 Å². The lowest BCUT2D eigenvalue weighted by Crippen LogP contribution is -2.47. The molecule has 1 unspecified atom stereocenters. The number of sulfonamides is 1. The van der Waals surface area contributed by atoms with E-state index in [1.807, 2.05) is 0 Å². The van der Waals surface area contributed by atoms with Crippen LogP contribution in [0.1, 0.15) is 28.9 Å². The molecule has 1 aliphatic heterocycles. The van der Waals surface area contributed by atoms with Gasteiger partial charge in [-0.1, -0.05) is 36.4 Å². The summed E-state index contributed by atoms with van der Waals surface area (Å²) >= 11 is 0. The van der Waals surface area contributed by atoms with E-state index in [2.05, 4.69) is 21.9 Å². The van der Waals surface area contributed by atoms with Crippen molar-refractivity contribution in [1.82, 2.24) is 15.4 Å². The van der Waals surface area contributed by atoms with E-state index in [0.29, 0.717) is 5.56 Å². The summed E-state index contributed by atoms with van der Waals surface area (Å²) in [6.45, 7) is 4.87. The fourth-order valence-corrected chi connectivity index (χ4v) is 4.32. The molecular weight excluding hydrogens is 474 g/mol. The molecule has 3 rings (SSSR count). The van der Waals surface area contributed by atoms with Gasteiger partial charge in [-0.2, -0.15) is 0 Å². The second kappa shape index (κ2) is 11.4. The van der Waals surface area contributed by atoms with Crippen LogP contribution >= 0.6 is 0 Å². The number of amides is 2. The fourth-order valence-electron chi connectivity index (χ4n) is 3.32. The van der Waals surface area contributed by atoms with Gasteiger partial charge in [0.15, 0.2) is 0 Å². The van der Waals surface area contributed by atoms with E-state index in [1.54, 1.807) is 37.3 Å². The Bertz CT molecular complexity index is 1240. The Hall–Kier alpha value is -3.96. The molecule has 0 radical (unpaired) electrons. The molecule has 0 saturated carbocycles. The number of benzene rings is 2. The van der Waals surface area contributed by atoms with Crippen LogP contribution in [0.2, 0.25) is 0 Å². The number of hydrogen-bond acceptors (Lipinski definition) is 7. The molecule has 0 saturated heterocycles. The Morgan fingerprint density at radius 1 is 1.06 bits per heavy atom. The summed E-state index contributed by atoms with van der Waals surface area (Å²) in [5.74, 6) is -1.44. The minimum Gasteiger partial charge on any atom is -0.463 e. The highest BCUT2D eigenvalue weighted by molar-refractivity contribution is 7.89. The highest BCUT2D eigenvalue weighted by Gasteiger charge is 2.34. The largest absolute Gasteiger partial charge is 0.463 e. The Kier molecular flexibility index (Phi) is 8.39. The summed E-state index contributed by atoms with van der Waals surface area (Å²) in [5, 5.41) is 5.20. The summed E-state index contributed by atoms with van der Waals surface area (Å²) in [5.41, 5.74) is 0.935. The third kappa shape index (κ3) is 6.34. The zero-order valence-electron chi connectivity index (χ0n) is 18.9. The van der Waals surface area contributed by atoms with Crippen molar-refractivity contribution in [2.45, 2.75) is 17.9 Å². The number of nitrogens with one attached hydrogen (secondary N) is 3. The minimum absolute atomic E-state index is 0.0282. The highest BCUT2D eigenvalue weighted by atomic mass is 32.2. The first-order chi connectivity index (χ1) is 16.8. The van der Waals surface area contributed by atoms with Crippen molar-refractivity contribution >= 4 is 28.0 Å². The molecule has 1 heterocycles. The molecule has 3 N–H and O–H groups in total. The smallest absolute Gasteiger partial charge is 0.338 e. The topological polar surface area (TPSA) is 140 Å². The van der Waals surface area contributed by atoms with Gasteiger partial charge in [0.2, 0.25) is 10.0 Å². The zero-order chi connectivity index (χ0) is 25.4. The molecule has 2 aromatic rings. The Morgan fingerprint density at radius 2 is 1.74 bits per heavy atom. The van der Waals surface area contributed by atoms with Crippen molar-refractivity contribution in [3.8, 4) is 0 Å². The summed E-state index contributed by atoms with van der Waals surface area (Å²) in [6, 6.07) is 12.6. The van der Waals surface area contributed by atoms with Crippen LogP contribution in [0.15, 0.2) is 83.4 Å². The third-order valence-electron chi connectivity index (χ3n) is 4.95. The van der Waals surface area contributed by atoms with Gasteiger partial charge in [0, 0.05) is 6.54 Å². The maximum absolute atomic E-state index is 12.7. The molecule has 2 amide bonds. The Balaban J connectivity index is 1.82. The zero-order valence-corrected chi connectivity index (χ0v) is 19.8. The maximum atomic E-state index is 12.7. The van der Waals surface area contributed by atoms with Gasteiger partial charge in [0.05, 0.1) is 34.4 Å². The van der Waals surface area contributed by atoms with Gasteiger partial charge in [-0.3, -0.25) is 0 Å². The first-order valence-electron chi connectivity index (χ1n) is 10.7. The SMILES string of the molecule is C=CCNS(=O)(=O)c1ccc(C(=O)OCC2=C(C(=O)OCC)C(c3ccccc3)NC(=O)N2)cc1. The van der Waals surface area contributed by atoms with Crippen molar-refractivity contribution < 1.29 is 32.3 Å². The molecule has 2 aromatic carbocycles. The lowest BCUT2D eigenvalue weighted by molar-refractivity contribution is -0.139. The standard InChI is InChI=1S/C24H25N3O7S/c1-3-14-25-35(31,32)18-12-10-17(11-13-18)22(28)34-15-19-20(23(29)33-4-2)21(27-24(30)26-19)16-8-6-5-7-9-16/h3,5-13,21,25H,1,4,14-15H2,2H3,(H2,26,27,30). The predicted octanol–water partition coefficient (Wildman–Crippen LogP) is 2.18. The van der Waals surface area contributed by atoms with E-state index in [9.17, 15) is 22.8 Å². The first-order valence-corrected chi connectivity index (χ1v) is 12.2. The number of carbonyl (C=O) groups is 3. The van der Waals surface area contributed by atoms with Gasteiger partial charge in [-0.05, 0) is 36.8 Å². The van der Waals surface area contributed by atoms with E-state index in [4.69, 9.17) is 9.47 Å². The Morgan fingerprint density at radius 3 is 2.37 bits per heavy atom. The molecule has 0 fully saturated rings. The molecule has 0 bridgehead atoms. The predicted molar refractivity (Wildman–Crippen MR) is 127 cm³/mol. The second-order valence-electron chi connectivity index (χ2n) is 7.30. The van der Waals surface area contributed by atoms with E-state index in [-0.39, 0.29) is 34.9 Å².